The Morgan fingerprint density at radius 2 is 2.47 bits per heavy atom. The summed E-state index contributed by atoms with van der Waals surface area (Å²) in [5.41, 5.74) is 6.46. The molecule has 0 radical (unpaired) electrons. The molecule has 0 saturated carbocycles. The first-order valence-electron chi connectivity index (χ1n) is 4.66. The van der Waals surface area contributed by atoms with Crippen molar-refractivity contribution in [3.05, 3.63) is 29.0 Å². The number of hydrogen-bond acceptors (Lipinski definition) is 4. The Balaban J connectivity index is 2.65. The van der Waals surface area contributed by atoms with Crippen LogP contribution in [-0.2, 0) is 9.53 Å². The fourth-order valence-electron chi connectivity index (χ4n) is 1.18. The van der Waals surface area contributed by atoms with Crippen LogP contribution in [0, 0.1) is 0 Å². The third kappa shape index (κ3) is 3.49. The van der Waals surface area contributed by atoms with Gasteiger partial charge in [-0.1, -0.05) is 17.7 Å². The normalized spacial score (nSPS) is 12.2. The van der Waals surface area contributed by atoms with Gasteiger partial charge in [0.15, 0.2) is 0 Å². The van der Waals surface area contributed by atoms with Crippen molar-refractivity contribution in [3.8, 4) is 0 Å². The third-order valence-electron chi connectivity index (χ3n) is 1.88. The summed E-state index contributed by atoms with van der Waals surface area (Å²) in [5.74, 6) is -0.329. The molecular weight excluding hydrogens is 216 g/mol. The van der Waals surface area contributed by atoms with E-state index >= 15 is 0 Å². The predicted molar refractivity (Wildman–Crippen MR) is 57.4 cm³/mol. The van der Waals surface area contributed by atoms with Crippen molar-refractivity contribution in [2.75, 3.05) is 6.61 Å². The molecule has 0 saturated heterocycles. The minimum atomic E-state index is -0.467. The molecule has 1 rings (SSSR count). The van der Waals surface area contributed by atoms with Crippen molar-refractivity contribution in [2.45, 2.75) is 19.4 Å². The van der Waals surface area contributed by atoms with Crippen molar-refractivity contribution < 1.29 is 9.53 Å². The molecule has 82 valence electrons. The highest BCUT2D eigenvalue weighted by Crippen LogP contribution is 2.21. The van der Waals surface area contributed by atoms with Crippen LogP contribution in [0.1, 0.15) is 24.9 Å². The van der Waals surface area contributed by atoms with E-state index in [4.69, 9.17) is 22.1 Å². The quantitative estimate of drug-likeness (QED) is 0.629. The summed E-state index contributed by atoms with van der Waals surface area (Å²) in [6.07, 6.45) is 1.68. The average molecular weight is 229 g/mol. The Hall–Kier alpha value is -1.13. The molecule has 1 heterocycles. The van der Waals surface area contributed by atoms with E-state index in [9.17, 15) is 4.79 Å². The molecule has 1 atom stereocenters. The number of carbonyl (C=O) groups is 1. The van der Waals surface area contributed by atoms with Crippen LogP contribution < -0.4 is 5.73 Å². The van der Waals surface area contributed by atoms with Gasteiger partial charge in [-0.25, -0.2) is 4.98 Å². The zero-order valence-corrected chi connectivity index (χ0v) is 9.20. The fourth-order valence-corrected chi connectivity index (χ4v) is 1.44. The molecule has 4 nitrogen and oxygen atoms in total. The predicted octanol–water partition coefficient (Wildman–Crippen LogP) is 1.69. The van der Waals surface area contributed by atoms with Gasteiger partial charge in [-0.3, -0.25) is 4.79 Å². The average Bonchev–Trinajstić information content (AvgIpc) is 2.18. The topological polar surface area (TPSA) is 65.2 Å². The summed E-state index contributed by atoms with van der Waals surface area (Å²) in [7, 11) is 0. The highest BCUT2D eigenvalue weighted by molar-refractivity contribution is 6.30. The molecule has 15 heavy (non-hydrogen) atoms. The summed E-state index contributed by atoms with van der Waals surface area (Å²) in [4.78, 5) is 15.1. The second kappa shape index (κ2) is 5.68. The number of rotatable bonds is 4. The minimum Gasteiger partial charge on any atom is -0.466 e. The van der Waals surface area contributed by atoms with Gasteiger partial charge in [-0.15, -0.1) is 0 Å². The first kappa shape index (κ1) is 11.9. The first-order chi connectivity index (χ1) is 7.15. The van der Waals surface area contributed by atoms with Gasteiger partial charge < -0.3 is 10.5 Å². The number of hydrogen-bond donors (Lipinski definition) is 1. The number of ether oxygens (including phenoxy) is 1. The summed E-state index contributed by atoms with van der Waals surface area (Å²) in [6.45, 7) is 2.10. The molecule has 1 aromatic heterocycles. The lowest BCUT2D eigenvalue weighted by atomic mass is 10.1. The van der Waals surface area contributed by atoms with Gasteiger partial charge in [-0.2, -0.15) is 0 Å². The molecule has 0 aliphatic rings. The second-order valence-electron chi connectivity index (χ2n) is 3.00. The van der Waals surface area contributed by atoms with Gasteiger partial charge in [0.25, 0.3) is 0 Å². The lowest BCUT2D eigenvalue weighted by Gasteiger charge is -2.11. The smallest absolute Gasteiger partial charge is 0.307 e. The molecule has 0 aliphatic heterocycles. The van der Waals surface area contributed by atoms with Crippen LogP contribution in [0.5, 0.6) is 0 Å². The van der Waals surface area contributed by atoms with Gasteiger partial charge in [0.1, 0.15) is 5.15 Å². The molecule has 0 amide bonds. The lowest BCUT2D eigenvalue weighted by molar-refractivity contribution is -0.143. The van der Waals surface area contributed by atoms with Gasteiger partial charge in [0.2, 0.25) is 0 Å². The standard InChI is InChI=1S/C10H13ClN2O2/c1-2-15-9(14)6-8(12)7-4-3-5-13-10(7)11/h3-5,8H,2,6,12H2,1H3/t8-/m1/s1. The Labute approximate surface area is 93.4 Å². The van der Waals surface area contributed by atoms with Crippen LogP contribution >= 0.6 is 11.6 Å². The van der Waals surface area contributed by atoms with Crippen molar-refractivity contribution in [2.24, 2.45) is 5.73 Å². The van der Waals surface area contributed by atoms with Crippen LogP contribution in [0.3, 0.4) is 0 Å². The fraction of sp³-hybridized carbons (Fsp3) is 0.400. The van der Waals surface area contributed by atoms with E-state index in [2.05, 4.69) is 4.98 Å². The van der Waals surface area contributed by atoms with Gasteiger partial charge in [-0.05, 0) is 13.0 Å². The molecule has 2 N–H and O–H groups in total. The highest BCUT2D eigenvalue weighted by Gasteiger charge is 2.15. The van der Waals surface area contributed by atoms with E-state index in [0.29, 0.717) is 17.3 Å². The molecular formula is C10H13ClN2O2. The van der Waals surface area contributed by atoms with Crippen LogP contribution in [-0.4, -0.2) is 17.6 Å². The third-order valence-corrected chi connectivity index (χ3v) is 2.20. The molecule has 0 spiro atoms. The zero-order chi connectivity index (χ0) is 11.3. The van der Waals surface area contributed by atoms with Gasteiger partial charge >= 0.3 is 5.97 Å². The number of carbonyl (C=O) groups excluding carboxylic acids is 1. The zero-order valence-electron chi connectivity index (χ0n) is 8.44. The number of esters is 1. The number of nitrogens with two attached hydrogens (primary N) is 1. The van der Waals surface area contributed by atoms with E-state index in [-0.39, 0.29) is 12.4 Å². The summed E-state index contributed by atoms with van der Waals surface area (Å²) in [6, 6.07) is 3.01. The molecule has 0 fully saturated rings. The molecule has 0 bridgehead atoms. The van der Waals surface area contributed by atoms with E-state index < -0.39 is 6.04 Å². The van der Waals surface area contributed by atoms with Crippen molar-refractivity contribution in [1.82, 2.24) is 4.98 Å². The maximum absolute atomic E-state index is 11.2. The number of halogens is 1. The molecule has 0 aliphatic carbocycles. The Kier molecular flexibility index (Phi) is 4.52. The van der Waals surface area contributed by atoms with E-state index in [1.165, 1.54) is 0 Å². The van der Waals surface area contributed by atoms with Crippen LogP contribution in [0.15, 0.2) is 18.3 Å². The first-order valence-corrected chi connectivity index (χ1v) is 5.04. The van der Waals surface area contributed by atoms with Crippen LogP contribution in [0.2, 0.25) is 5.15 Å². The maximum Gasteiger partial charge on any atom is 0.307 e. The lowest BCUT2D eigenvalue weighted by Crippen LogP contribution is -2.17. The number of aromatic nitrogens is 1. The Morgan fingerprint density at radius 3 is 3.07 bits per heavy atom. The number of nitrogens with zero attached hydrogens (tertiary/aromatic N) is 1. The van der Waals surface area contributed by atoms with Crippen molar-refractivity contribution in [3.63, 3.8) is 0 Å². The van der Waals surface area contributed by atoms with Crippen LogP contribution in [0.25, 0.3) is 0 Å². The SMILES string of the molecule is CCOC(=O)C[C@@H](N)c1cccnc1Cl. The maximum atomic E-state index is 11.2. The molecule has 5 heteroatoms. The second-order valence-corrected chi connectivity index (χ2v) is 3.36. The summed E-state index contributed by atoms with van der Waals surface area (Å²) in [5, 5.41) is 0.328. The monoisotopic (exact) mass is 228 g/mol. The van der Waals surface area contributed by atoms with E-state index in [1.54, 1.807) is 25.3 Å². The van der Waals surface area contributed by atoms with E-state index in [0.717, 1.165) is 0 Å². The Morgan fingerprint density at radius 1 is 1.73 bits per heavy atom. The molecule has 1 aromatic rings. The number of pyridine rings is 1. The molecule has 0 aromatic carbocycles. The van der Waals surface area contributed by atoms with Gasteiger partial charge in [0.05, 0.1) is 13.0 Å². The van der Waals surface area contributed by atoms with Crippen LogP contribution in [0.4, 0.5) is 0 Å². The Bertz CT molecular complexity index is 344. The van der Waals surface area contributed by atoms with Crippen molar-refractivity contribution >= 4 is 17.6 Å². The van der Waals surface area contributed by atoms with Crippen molar-refractivity contribution in [1.29, 1.82) is 0 Å². The highest BCUT2D eigenvalue weighted by atomic mass is 35.5. The largest absolute Gasteiger partial charge is 0.466 e. The molecule has 0 unspecified atom stereocenters. The van der Waals surface area contributed by atoms with Gasteiger partial charge in [0, 0.05) is 17.8 Å². The van der Waals surface area contributed by atoms with E-state index in [1.807, 2.05) is 0 Å². The minimum absolute atomic E-state index is 0.110. The summed E-state index contributed by atoms with van der Waals surface area (Å²) < 4.78 is 4.79. The summed E-state index contributed by atoms with van der Waals surface area (Å²) >= 11 is 5.84.